The van der Waals surface area contributed by atoms with E-state index in [1.54, 1.807) is 0 Å². The molecule has 2 aromatic rings. The average Bonchev–Trinajstić information content (AvgIpc) is 2.68. The van der Waals surface area contributed by atoms with Gasteiger partial charge in [0.15, 0.2) is 5.78 Å². The molecule has 4 heteroatoms. The molecule has 1 heterocycles. The molecule has 138 valence electrons. The highest BCUT2D eigenvalue weighted by atomic mass is 16.5. The molecule has 4 nitrogen and oxygen atoms in total. The predicted molar refractivity (Wildman–Crippen MR) is 104 cm³/mol. The van der Waals surface area contributed by atoms with Crippen molar-refractivity contribution >= 4 is 11.7 Å². The molecule has 0 spiro atoms. The first-order valence-electron chi connectivity index (χ1n) is 9.49. The van der Waals surface area contributed by atoms with Crippen molar-refractivity contribution in [1.82, 2.24) is 5.32 Å². The number of allylic oxidation sites excluding steroid dienone is 2. The van der Waals surface area contributed by atoms with Crippen LogP contribution in [0.2, 0.25) is 0 Å². The van der Waals surface area contributed by atoms with Crippen molar-refractivity contribution in [3.05, 3.63) is 77.0 Å². The van der Waals surface area contributed by atoms with Crippen molar-refractivity contribution in [3.8, 4) is 5.75 Å². The van der Waals surface area contributed by atoms with E-state index in [-0.39, 0.29) is 23.5 Å². The fourth-order valence-corrected chi connectivity index (χ4v) is 4.17. The first-order chi connectivity index (χ1) is 13.2. The zero-order chi connectivity index (χ0) is 18.8. The minimum absolute atomic E-state index is 0.0193. The first-order valence-corrected chi connectivity index (χ1v) is 9.49. The second-order valence-corrected chi connectivity index (χ2v) is 7.14. The van der Waals surface area contributed by atoms with Gasteiger partial charge < -0.3 is 10.1 Å². The van der Waals surface area contributed by atoms with E-state index in [0.29, 0.717) is 25.9 Å². The van der Waals surface area contributed by atoms with Crippen LogP contribution in [-0.4, -0.2) is 18.3 Å². The number of amides is 1. The highest BCUT2D eigenvalue weighted by Crippen LogP contribution is 2.42. The van der Waals surface area contributed by atoms with Gasteiger partial charge >= 0.3 is 0 Å². The number of Topliss-reactive ketones (excluding diaryl/α,β-unsaturated/α-hetero) is 1. The molecule has 0 saturated heterocycles. The highest BCUT2D eigenvalue weighted by Gasteiger charge is 2.38. The van der Waals surface area contributed by atoms with Crippen LogP contribution in [0.1, 0.15) is 49.1 Å². The molecule has 2 aliphatic rings. The lowest BCUT2D eigenvalue weighted by Gasteiger charge is -2.34. The molecule has 1 aliphatic heterocycles. The average molecular weight is 361 g/mol. The number of hydrogen-bond donors (Lipinski definition) is 1. The molecule has 4 rings (SSSR count). The summed E-state index contributed by atoms with van der Waals surface area (Å²) in [7, 11) is 0. The third-order valence-electron chi connectivity index (χ3n) is 5.40. The van der Waals surface area contributed by atoms with Gasteiger partial charge in [0.05, 0.1) is 6.61 Å². The lowest BCUT2D eigenvalue weighted by Crippen LogP contribution is -2.38. The molecule has 2 unspecified atom stereocenters. The summed E-state index contributed by atoms with van der Waals surface area (Å²) in [5.41, 5.74) is 3.73. The Bertz CT molecular complexity index is 884. The van der Waals surface area contributed by atoms with Crippen LogP contribution in [0.15, 0.2) is 65.9 Å². The molecule has 0 bridgehead atoms. The van der Waals surface area contributed by atoms with Gasteiger partial charge in [0, 0.05) is 30.0 Å². The van der Waals surface area contributed by atoms with Gasteiger partial charge in [-0.2, -0.15) is 0 Å². The topological polar surface area (TPSA) is 55.4 Å². The second kappa shape index (κ2) is 7.39. The van der Waals surface area contributed by atoms with Gasteiger partial charge in [-0.3, -0.25) is 9.59 Å². The maximum absolute atomic E-state index is 13.0. The Morgan fingerprint density at radius 1 is 0.926 bits per heavy atom. The summed E-state index contributed by atoms with van der Waals surface area (Å²) in [5, 5.41) is 2.98. The Morgan fingerprint density at radius 2 is 1.67 bits per heavy atom. The molecule has 0 aromatic heterocycles. The van der Waals surface area contributed by atoms with Gasteiger partial charge in [-0.25, -0.2) is 0 Å². The fraction of sp³-hybridized carbons (Fsp3) is 0.304. The molecular formula is C23H23NO3. The zero-order valence-corrected chi connectivity index (χ0v) is 15.4. The summed E-state index contributed by atoms with van der Waals surface area (Å²) in [6.07, 6.45) is 1.51. The lowest BCUT2D eigenvalue weighted by molar-refractivity contribution is -0.122. The van der Waals surface area contributed by atoms with Crippen molar-refractivity contribution in [2.24, 2.45) is 0 Å². The summed E-state index contributed by atoms with van der Waals surface area (Å²) < 4.78 is 5.50. The number of carbonyl (C=O) groups excluding carboxylic acids is 2. The number of hydrogen-bond acceptors (Lipinski definition) is 3. The smallest absolute Gasteiger partial charge is 0.225 e. The third-order valence-corrected chi connectivity index (χ3v) is 5.40. The number of ketones is 1. The largest absolute Gasteiger partial charge is 0.494 e. The van der Waals surface area contributed by atoms with Crippen LogP contribution in [0.3, 0.4) is 0 Å². The third kappa shape index (κ3) is 3.52. The van der Waals surface area contributed by atoms with E-state index in [0.717, 1.165) is 28.1 Å². The monoisotopic (exact) mass is 361 g/mol. The molecule has 27 heavy (non-hydrogen) atoms. The molecule has 2 aromatic carbocycles. The van der Waals surface area contributed by atoms with Gasteiger partial charge in [-0.1, -0.05) is 42.5 Å². The second-order valence-electron chi connectivity index (χ2n) is 7.14. The summed E-state index contributed by atoms with van der Waals surface area (Å²) in [6.45, 7) is 2.56. The fourth-order valence-electron chi connectivity index (χ4n) is 4.17. The molecule has 0 radical (unpaired) electrons. The molecule has 1 N–H and O–H groups in total. The number of carbonyl (C=O) groups is 2. The number of benzene rings is 2. The van der Waals surface area contributed by atoms with E-state index < -0.39 is 0 Å². The van der Waals surface area contributed by atoms with Gasteiger partial charge in [0.1, 0.15) is 5.75 Å². The molecule has 1 aliphatic carbocycles. The Morgan fingerprint density at radius 3 is 2.37 bits per heavy atom. The maximum atomic E-state index is 13.0. The molecule has 1 amide bonds. The van der Waals surface area contributed by atoms with Crippen molar-refractivity contribution in [1.29, 1.82) is 0 Å². The molecule has 0 saturated carbocycles. The van der Waals surface area contributed by atoms with Crippen molar-refractivity contribution in [2.45, 2.75) is 38.0 Å². The van der Waals surface area contributed by atoms with Crippen LogP contribution in [0, 0.1) is 0 Å². The van der Waals surface area contributed by atoms with Gasteiger partial charge in [0.2, 0.25) is 5.91 Å². The van der Waals surface area contributed by atoms with Crippen molar-refractivity contribution in [3.63, 3.8) is 0 Å². The summed E-state index contributed by atoms with van der Waals surface area (Å²) in [4.78, 5) is 25.4. The van der Waals surface area contributed by atoms with Gasteiger partial charge in [-0.15, -0.1) is 0 Å². The Balaban J connectivity index is 1.66. The Kier molecular flexibility index (Phi) is 4.80. The van der Waals surface area contributed by atoms with E-state index in [1.807, 2.05) is 49.4 Å². The SMILES string of the molecule is CCOc1ccc(C2CC(=O)NC3=C2C(=O)CC(c2ccccc2)C3)cc1. The number of nitrogens with one attached hydrogen (secondary N) is 1. The molecular weight excluding hydrogens is 338 g/mol. The van der Waals surface area contributed by atoms with Crippen LogP contribution in [0.5, 0.6) is 5.75 Å². The van der Waals surface area contributed by atoms with Crippen LogP contribution in [-0.2, 0) is 9.59 Å². The number of rotatable bonds is 4. The zero-order valence-electron chi connectivity index (χ0n) is 15.4. The Labute approximate surface area is 159 Å². The van der Waals surface area contributed by atoms with Crippen LogP contribution in [0.25, 0.3) is 0 Å². The van der Waals surface area contributed by atoms with Crippen LogP contribution >= 0.6 is 0 Å². The summed E-state index contributed by atoms with van der Waals surface area (Å²) in [6, 6.07) is 17.8. The van der Waals surface area contributed by atoms with Crippen molar-refractivity contribution < 1.29 is 14.3 Å². The lowest BCUT2D eigenvalue weighted by atomic mass is 9.73. The van der Waals surface area contributed by atoms with E-state index in [9.17, 15) is 9.59 Å². The van der Waals surface area contributed by atoms with Crippen molar-refractivity contribution in [2.75, 3.05) is 6.61 Å². The van der Waals surface area contributed by atoms with E-state index >= 15 is 0 Å². The summed E-state index contributed by atoms with van der Waals surface area (Å²) >= 11 is 0. The predicted octanol–water partition coefficient (Wildman–Crippen LogP) is 4.09. The number of ether oxygens (including phenoxy) is 1. The quantitative estimate of drug-likeness (QED) is 0.892. The van der Waals surface area contributed by atoms with Gasteiger partial charge in [0.25, 0.3) is 0 Å². The van der Waals surface area contributed by atoms with E-state index in [1.165, 1.54) is 0 Å². The summed E-state index contributed by atoms with van der Waals surface area (Å²) in [5.74, 6) is 0.874. The van der Waals surface area contributed by atoms with E-state index in [4.69, 9.17) is 4.74 Å². The Hall–Kier alpha value is -2.88. The normalized spacial score (nSPS) is 22.3. The highest BCUT2D eigenvalue weighted by molar-refractivity contribution is 6.02. The van der Waals surface area contributed by atoms with Crippen LogP contribution in [0.4, 0.5) is 0 Å². The maximum Gasteiger partial charge on any atom is 0.225 e. The standard InChI is InChI=1S/C23H23NO3/c1-2-27-18-10-8-16(9-11-18)19-14-22(26)24-20-12-17(13-21(25)23(19)20)15-6-4-3-5-7-15/h3-11,17,19H,2,12-14H2,1H3,(H,24,26). The molecule has 0 fully saturated rings. The van der Waals surface area contributed by atoms with E-state index in [2.05, 4.69) is 17.4 Å². The molecule has 2 atom stereocenters. The minimum atomic E-state index is -0.173. The van der Waals surface area contributed by atoms with Crippen LogP contribution < -0.4 is 10.1 Å². The van der Waals surface area contributed by atoms with Gasteiger partial charge in [-0.05, 0) is 42.5 Å². The first kappa shape index (κ1) is 17.5. The minimum Gasteiger partial charge on any atom is -0.494 e.